The van der Waals surface area contributed by atoms with E-state index < -0.39 is 0 Å². The van der Waals surface area contributed by atoms with Gasteiger partial charge in [0.1, 0.15) is 0 Å². The molecule has 1 aromatic carbocycles. The molecule has 0 radical (unpaired) electrons. The average Bonchev–Trinajstić information content (AvgIpc) is 2.74. The van der Waals surface area contributed by atoms with E-state index in [2.05, 4.69) is 10.9 Å². The lowest BCUT2D eigenvalue weighted by Gasteiger charge is -2.04. The highest BCUT2D eigenvalue weighted by molar-refractivity contribution is 5.75. The van der Waals surface area contributed by atoms with Crippen LogP contribution in [-0.2, 0) is 11.2 Å². The Bertz CT molecular complexity index is 393. The lowest BCUT2D eigenvalue weighted by Crippen LogP contribution is -2.34. The third-order valence-corrected chi connectivity index (χ3v) is 2.34. The van der Waals surface area contributed by atoms with Crippen molar-refractivity contribution in [1.82, 2.24) is 10.9 Å². The van der Waals surface area contributed by atoms with E-state index in [9.17, 15) is 4.79 Å². The van der Waals surface area contributed by atoms with Crippen LogP contribution in [0, 0.1) is 0 Å². The molecular weight excluding hydrogens is 208 g/mol. The van der Waals surface area contributed by atoms with Crippen molar-refractivity contribution in [2.24, 2.45) is 0 Å². The number of hydrogen-bond donors (Lipinski definition) is 2. The summed E-state index contributed by atoms with van der Waals surface area (Å²) in [5, 5.41) is 0. The molecule has 86 valence electrons. The number of carbonyl (C=O) groups is 1. The molecule has 0 saturated carbocycles. The highest BCUT2D eigenvalue weighted by atomic mass is 16.7. The molecule has 1 heterocycles. The van der Waals surface area contributed by atoms with E-state index in [1.54, 1.807) is 7.05 Å². The zero-order chi connectivity index (χ0) is 11.4. The van der Waals surface area contributed by atoms with Gasteiger partial charge in [-0.2, -0.15) is 0 Å². The van der Waals surface area contributed by atoms with E-state index in [1.165, 1.54) is 0 Å². The van der Waals surface area contributed by atoms with Crippen LogP contribution in [0.1, 0.15) is 12.0 Å². The van der Waals surface area contributed by atoms with Crippen molar-refractivity contribution < 1.29 is 14.3 Å². The molecule has 0 spiro atoms. The number of hydrazine groups is 1. The monoisotopic (exact) mass is 222 g/mol. The van der Waals surface area contributed by atoms with E-state index in [0.717, 1.165) is 17.1 Å². The van der Waals surface area contributed by atoms with Crippen molar-refractivity contribution in [3.05, 3.63) is 23.8 Å². The first-order valence-electron chi connectivity index (χ1n) is 5.13. The van der Waals surface area contributed by atoms with Crippen LogP contribution in [0.2, 0.25) is 0 Å². The number of ether oxygens (including phenoxy) is 2. The predicted molar refractivity (Wildman–Crippen MR) is 58.1 cm³/mol. The van der Waals surface area contributed by atoms with Crippen molar-refractivity contribution >= 4 is 5.91 Å². The number of fused-ring (bicyclic) bond motifs is 1. The highest BCUT2D eigenvalue weighted by Gasteiger charge is 2.13. The molecule has 0 fully saturated rings. The highest BCUT2D eigenvalue weighted by Crippen LogP contribution is 2.32. The second kappa shape index (κ2) is 4.85. The lowest BCUT2D eigenvalue weighted by atomic mass is 10.1. The van der Waals surface area contributed by atoms with Gasteiger partial charge in [-0.25, -0.2) is 5.43 Å². The van der Waals surface area contributed by atoms with Gasteiger partial charge in [0, 0.05) is 13.5 Å². The summed E-state index contributed by atoms with van der Waals surface area (Å²) in [4.78, 5) is 11.2. The van der Waals surface area contributed by atoms with Crippen molar-refractivity contribution in [3.63, 3.8) is 0 Å². The molecule has 5 heteroatoms. The van der Waals surface area contributed by atoms with Crippen LogP contribution in [0.5, 0.6) is 11.5 Å². The first-order valence-corrected chi connectivity index (χ1v) is 5.13. The van der Waals surface area contributed by atoms with E-state index in [4.69, 9.17) is 9.47 Å². The summed E-state index contributed by atoms with van der Waals surface area (Å²) in [6.45, 7) is 0.277. The normalized spacial score (nSPS) is 12.6. The molecule has 0 saturated heterocycles. The maximum absolute atomic E-state index is 11.2. The summed E-state index contributed by atoms with van der Waals surface area (Å²) < 4.78 is 10.5. The number of amides is 1. The fourth-order valence-electron chi connectivity index (χ4n) is 1.56. The molecule has 0 atom stereocenters. The number of aryl methyl sites for hydroxylation is 1. The van der Waals surface area contributed by atoms with Gasteiger partial charge in [0.05, 0.1) is 0 Å². The molecule has 0 aromatic heterocycles. The second-order valence-corrected chi connectivity index (χ2v) is 3.49. The van der Waals surface area contributed by atoms with Crippen LogP contribution in [0.25, 0.3) is 0 Å². The molecular formula is C11H14N2O3. The Morgan fingerprint density at radius 3 is 3.00 bits per heavy atom. The minimum Gasteiger partial charge on any atom is -0.454 e. The van der Waals surface area contributed by atoms with E-state index in [0.29, 0.717) is 12.8 Å². The van der Waals surface area contributed by atoms with Crippen LogP contribution >= 0.6 is 0 Å². The van der Waals surface area contributed by atoms with E-state index >= 15 is 0 Å². The molecule has 1 amide bonds. The van der Waals surface area contributed by atoms with Gasteiger partial charge in [-0.15, -0.1) is 0 Å². The number of carbonyl (C=O) groups excluding carboxylic acids is 1. The van der Waals surface area contributed by atoms with Gasteiger partial charge in [0.15, 0.2) is 11.5 Å². The second-order valence-electron chi connectivity index (χ2n) is 3.49. The van der Waals surface area contributed by atoms with Crippen LogP contribution in [0.15, 0.2) is 18.2 Å². The smallest absolute Gasteiger partial charge is 0.234 e. The average molecular weight is 222 g/mol. The van der Waals surface area contributed by atoms with Crippen molar-refractivity contribution in [2.45, 2.75) is 12.8 Å². The molecule has 1 aliphatic rings. The molecule has 2 rings (SSSR count). The Morgan fingerprint density at radius 2 is 2.19 bits per heavy atom. The van der Waals surface area contributed by atoms with E-state index in [1.807, 2.05) is 18.2 Å². The molecule has 1 aliphatic heterocycles. The molecule has 0 aliphatic carbocycles. The zero-order valence-electron chi connectivity index (χ0n) is 9.08. The summed E-state index contributed by atoms with van der Waals surface area (Å²) in [7, 11) is 1.67. The standard InChI is InChI=1S/C11H14N2O3/c1-12-13-11(14)5-3-8-2-4-9-10(6-8)16-7-15-9/h2,4,6,12H,3,5,7H2,1H3,(H,13,14). The number of rotatable bonds is 4. The molecule has 5 nitrogen and oxygen atoms in total. The first-order chi connectivity index (χ1) is 7.79. The number of benzene rings is 1. The third-order valence-electron chi connectivity index (χ3n) is 2.34. The summed E-state index contributed by atoms with van der Waals surface area (Å²) in [6.07, 6.45) is 1.13. The van der Waals surface area contributed by atoms with Crippen molar-refractivity contribution in [3.8, 4) is 11.5 Å². The maximum Gasteiger partial charge on any atom is 0.234 e. The maximum atomic E-state index is 11.2. The Morgan fingerprint density at radius 1 is 1.38 bits per heavy atom. The van der Waals surface area contributed by atoms with Crippen molar-refractivity contribution in [1.29, 1.82) is 0 Å². The summed E-state index contributed by atoms with van der Waals surface area (Å²) >= 11 is 0. The number of hydrogen-bond acceptors (Lipinski definition) is 4. The predicted octanol–water partition coefficient (Wildman–Crippen LogP) is 0.598. The summed E-state index contributed by atoms with van der Waals surface area (Å²) in [5.41, 5.74) is 6.19. The molecule has 1 aromatic rings. The Kier molecular flexibility index (Phi) is 3.26. The fraction of sp³-hybridized carbons (Fsp3) is 0.364. The molecule has 2 N–H and O–H groups in total. The fourth-order valence-corrected chi connectivity index (χ4v) is 1.56. The van der Waals surface area contributed by atoms with Gasteiger partial charge in [-0.3, -0.25) is 10.2 Å². The van der Waals surface area contributed by atoms with Crippen LogP contribution in [0.3, 0.4) is 0 Å². The largest absolute Gasteiger partial charge is 0.454 e. The quantitative estimate of drug-likeness (QED) is 0.732. The van der Waals surface area contributed by atoms with Crippen LogP contribution in [-0.4, -0.2) is 19.7 Å². The van der Waals surface area contributed by atoms with Gasteiger partial charge >= 0.3 is 0 Å². The Hall–Kier alpha value is -1.75. The van der Waals surface area contributed by atoms with Gasteiger partial charge in [-0.1, -0.05) is 6.07 Å². The SMILES string of the molecule is CNNC(=O)CCc1ccc2c(c1)OCO2. The van der Waals surface area contributed by atoms with E-state index in [-0.39, 0.29) is 12.7 Å². The molecule has 16 heavy (non-hydrogen) atoms. The minimum atomic E-state index is -0.0276. The lowest BCUT2D eigenvalue weighted by molar-refractivity contribution is -0.121. The van der Waals surface area contributed by atoms with Gasteiger partial charge < -0.3 is 9.47 Å². The first kappa shape index (κ1) is 10.8. The Balaban J connectivity index is 1.93. The van der Waals surface area contributed by atoms with Crippen LogP contribution < -0.4 is 20.3 Å². The van der Waals surface area contributed by atoms with Crippen LogP contribution in [0.4, 0.5) is 0 Å². The molecule has 0 unspecified atom stereocenters. The zero-order valence-corrected chi connectivity index (χ0v) is 9.08. The Labute approximate surface area is 93.7 Å². The van der Waals surface area contributed by atoms with Gasteiger partial charge in [0.25, 0.3) is 0 Å². The van der Waals surface area contributed by atoms with Gasteiger partial charge in [0.2, 0.25) is 12.7 Å². The summed E-state index contributed by atoms with van der Waals surface area (Å²) in [6, 6.07) is 5.72. The van der Waals surface area contributed by atoms with Gasteiger partial charge in [-0.05, 0) is 24.1 Å². The topological polar surface area (TPSA) is 59.6 Å². The number of nitrogens with one attached hydrogen (secondary N) is 2. The summed E-state index contributed by atoms with van der Waals surface area (Å²) in [5.74, 6) is 1.50. The minimum absolute atomic E-state index is 0.0276. The molecule has 0 bridgehead atoms. The third kappa shape index (κ3) is 2.43. The van der Waals surface area contributed by atoms with Crippen molar-refractivity contribution in [2.75, 3.05) is 13.8 Å².